The van der Waals surface area contributed by atoms with Gasteiger partial charge >= 0.3 is 5.69 Å². The second-order valence-electron chi connectivity index (χ2n) is 4.57. The zero-order chi connectivity index (χ0) is 14.1. The lowest BCUT2D eigenvalue weighted by Crippen LogP contribution is -2.14. The number of pyridine rings is 1. The first kappa shape index (κ1) is 12.3. The van der Waals surface area contributed by atoms with Crippen molar-refractivity contribution in [3.63, 3.8) is 0 Å². The highest BCUT2D eigenvalue weighted by atomic mass is 16.1. The average molecular weight is 270 g/mol. The molecule has 0 aliphatic rings. The van der Waals surface area contributed by atoms with Crippen LogP contribution in [0.5, 0.6) is 0 Å². The number of aryl methyl sites for hydroxylation is 2. The van der Waals surface area contributed by atoms with E-state index in [0.717, 1.165) is 5.56 Å². The third-order valence-corrected chi connectivity index (χ3v) is 3.18. The van der Waals surface area contributed by atoms with E-state index >= 15 is 0 Å². The molecule has 0 aromatic carbocycles. The van der Waals surface area contributed by atoms with Crippen LogP contribution in [0.1, 0.15) is 17.0 Å². The molecule has 7 nitrogen and oxygen atoms in total. The molecule has 3 aromatic rings. The SMILES string of the molecule is Cc1ccncc1CNc1cc2n[nH]c(=O)n2c(C)n1. The average Bonchev–Trinajstić information content (AvgIpc) is 2.80. The summed E-state index contributed by atoms with van der Waals surface area (Å²) in [6.07, 6.45) is 3.59. The summed E-state index contributed by atoms with van der Waals surface area (Å²) in [6, 6.07) is 3.70. The molecule has 0 fully saturated rings. The molecular formula is C13H14N6O. The fourth-order valence-corrected chi connectivity index (χ4v) is 2.06. The Kier molecular flexibility index (Phi) is 2.94. The highest BCUT2D eigenvalue weighted by Crippen LogP contribution is 2.11. The first-order chi connectivity index (χ1) is 9.65. The van der Waals surface area contributed by atoms with Gasteiger partial charge in [-0.1, -0.05) is 0 Å². The van der Waals surface area contributed by atoms with Gasteiger partial charge in [-0.3, -0.25) is 4.98 Å². The fraction of sp³-hybridized carbons (Fsp3) is 0.231. The second-order valence-corrected chi connectivity index (χ2v) is 4.57. The number of nitrogens with one attached hydrogen (secondary N) is 2. The molecule has 0 spiro atoms. The number of H-pyrrole nitrogens is 1. The zero-order valence-corrected chi connectivity index (χ0v) is 11.2. The molecule has 0 unspecified atom stereocenters. The van der Waals surface area contributed by atoms with Crippen LogP contribution in [0.15, 0.2) is 29.3 Å². The molecule has 3 rings (SSSR count). The van der Waals surface area contributed by atoms with Crippen LogP contribution in [-0.4, -0.2) is 24.6 Å². The normalized spacial score (nSPS) is 10.9. The summed E-state index contributed by atoms with van der Waals surface area (Å²) < 4.78 is 1.43. The van der Waals surface area contributed by atoms with E-state index in [-0.39, 0.29) is 5.69 Å². The van der Waals surface area contributed by atoms with Crippen molar-refractivity contribution in [1.82, 2.24) is 24.6 Å². The molecular weight excluding hydrogens is 256 g/mol. The molecule has 3 heterocycles. The van der Waals surface area contributed by atoms with Crippen LogP contribution >= 0.6 is 0 Å². The Labute approximate surface area is 114 Å². The van der Waals surface area contributed by atoms with Gasteiger partial charge in [0.15, 0.2) is 5.65 Å². The van der Waals surface area contributed by atoms with E-state index in [0.29, 0.717) is 23.8 Å². The minimum Gasteiger partial charge on any atom is -0.366 e. The topological polar surface area (TPSA) is 88.0 Å². The molecule has 0 saturated heterocycles. The van der Waals surface area contributed by atoms with E-state index in [1.54, 1.807) is 19.2 Å². The maximum atomic E-state index is 11.5. The van der Waals surface area contributed by atoms with Crippen molar-refractivity contribution < 1.29 is 0 Å². The Bertz CT molecular complexity index is 819. The second kappa shape index (κ2) is 4.76. The van der Waals surface area contributed by atoms with E-state index in [1.165, 1.54) is 9.96 Å². The van der Waals surface area contributed by atoms with Crippen molar-refractivity contribution in [3.05, 3.63) is 52.0 Å². The van der Waals surface area contributed by atoms with Crippen molar-refractivity contribution in [2.45, 2.75) is 20.4 Å². The Morgan fingerprint density at radius 3 is 3.05 bits per heavy atom. The quantitative estimate of drug-likeness (QED) is 0.742. The van der Waals surface area contributed by atoms with Gasteiger partial charge in [0.1, 0.15) is 11.6 Å². The predicted octanol–water partition coefficient (Wildman–Crippen LogP) is 1.04. The molecule has 102 valence electrons. The van der Waals surface area contributed by atoms with Crippen molar-refractivity contribution >= 4 is 11.5 Å². The maximum Gasteiger partial charge on any atom is 0.349 e. The lowest BCUT2D eigenvalue weighted by Gasteiger charge is -2.08. The Balaban J connectivity index is 1.88. The predicted molar refractivity (Wildman–Crippen MR) is 74.6 cm³/mol. The standard InChI is InChI=1S/C13H14N6O/c1-8-3-4-14-6-10(8)7-15-11-5-12-17-18-13(20)19(12)9(2)16-11/h3-6,15H,7H2,1-2H3,(H,18,20). The minimum atomic E-state index is -0.278. The van der Waals surface area contributed by atoms with Crippen LogP contribution < -0.4 is 11.0 Å². The number of aromatic amines is 1. The number of aromatic nitrogens is 5. The van der Waals surface area contributed by atoms with E-state index in [4.69, 9.17) is 0 Å². The molecule has 0 bridgehead atoms. The van der Waals surface area contributed by atoms with Gasteiger partial charge < -0.3 is 5.32 Å². The van der Waals surface area contributed by atoms with Crippen LogP contribution in [0.25, 0.3) is 5.65 Å². The van der Waals surface area contributed by atoms with Crippen LogP contribution in [-0.2, 0) is 6.54 Å². The summed E-state index contributed by atoms with van der Waals surface area (Å²) in [7, 11) is 0. The fourth-order valence-electron chi connectivity index (χ4n) is 2.06. The van der Waals surface area contributed by atoms with Crippen LogP contribution in [0, 0.1) is 13.8 Å². The van der Waals surface area contributed by atoms with Crippen molar-refractivity contribution in [2.24, 2.45) is 0 Å². The summed E-state index contributed by atoms with van der Waals surface area (Å²) in [4.78, 5) is 20.0. The molecule has 7 heteroatoms. The number of rotatable bonds is 3. The highest BCUT2D eigenvalue weighted by molar-refractivity contribution is 5.50. The summed E-state index contributed by atoms with van der Waals surface area (Å²) in [5.41, 5.74) is 2.54. The Hall–Kier alpha value is -2.70. The van der Waals surface area contributed by atoms with E-state index in [1.807, 2.05) is 19.2 Å². The maximum absolute atomic E-state index is 11.5. The van der Waals surface area contributed by atoms with Gasteiger partial charge in [-0.15, -0.1) is 0 Å². The van der Waals surface area contributed by atoms with Gasteiger partial charge in [-0.2, -0.15) is 5.10 Å². The number of hydrogen-bond acceptors (Lipinski definition) is 5. The Morgan fingerprint density at radius 1 is 1.40 bits per heavy atom. The first-order valence-electron chi connectivity index (χ1n) is 6.23. The van der Waals surface area contributed by atoms with Gasteiger partial charge in [0.25, 0.3) is 0 Å². The molecule has 0 aliphatic carbocycles. The largest absolute Gasteiger partial charge is 0.366 e. The van der Waals surface area contributed by atoms with E-state index in [2.05, 4.69) is 25.5 Å². The molecule has 3 aromatic heterocycles. The molecule has 0 radical (unpaired) electrons. The van der Waals surface area contributed by atoms with Crippen LogP contribution in [0.3, 0.4) is 0 Å². The zero-order valence-electron chi connectivity index (χ0n) is 11.2. The first-order valence-corrected chi connectivity index (χ1v) is 6.23. The summed E-state index contributed by atoms with van der Waals surface area (Å²) in [5, 5.41) is 9.58. The van der Waals surface area contributed by atoms with Gasteiger partial charge in [0.05, 0.1) is 0 Å². The number of nitrogens with zero attached hydrogens (tertiary/aromatic N) is 4. The van der Waals surface area contributed by atoms with Gasteiger partial charge in [-0.25, -0.2) is 19.3 Å². The summed E-state index contributed by atoms with van der Waals surface area (Å²) in [6.45, 7) is 4.43. The van der Waals surface area contributed by atoms with Gasteiger partial charge in [0.2, 0.25) is 0 Å². The van der Waals surface area contributed by atoms with Crippen molar-refractivity contribution in [3.8, 4) is 0 Å². The molecule has 0 aliphatic heterocycles. The lowest BCUT2D eigenvalue weighted by atomic mass is 10.1. The van der Waals surface area contributed by atoms with E-state index < -0.39 is 0 Å². The number of anilines is 1. The molecule has 20 heavy (non-hydrogen) atoms. The summed E-state index contributed by atoms with van der Waals surface area (Å²) >= 11 is 0. The van der Waals surface area contributed by atoms with Crippen molar-refractivity contribution in [1.29, 1.82) is 0 Å². The smallest absolute Gasteiger partial charge is 0.349 e. The molecule has 0 saturated carbocycles. The number of fused-ring (bicyclic) bond motifs is 1. The van der Waals surface area contributed by atoms with Crippen LogP contribution in [0.2, 0.25) is 0 Å². The molecule has 0 atom stereocenters. The third kappa shape index (κ3) is 2.13. The lowest BCUT2D eigenvalue weighted by molar-refractivity contribution is 0.930. The van der Waals surface area contributed by atoms with Crippen molar-refractivity contribution in [2.75, 3.05) is 5.32 Å². The monoisotopic (exact) mass is 270 g/mol. The molecule has 2 N–H and O–H groups in total. The Morgan fingerprint density at radius 2 is 2.25 bits per heavy atom. The van der Waals surface area contributed by atoms with Gasteiger partial charge in [0, 0.05) is 25.0 Å². The van der Waals surface area contributed by atoms with Gasteiger partial charge in [-0.05, 0) is 31.0 Å². The third-order valence-electron chi connectivity index (χ3n) is 3.18. The van der Waals surface area contributed by atoms with E-state index in [9.17, 15) is 4.79 Å². The highest BCUT2D eigenvalue weighted by Gasteiger charge is 2.07. The minimum absolute atomic E-state index is 0.278. The van der Waals surface area contributed by atoms with Crippen LogP contribution in [0.4, 0.5) is 5.82 Å². The summed E-state index contributed by atoms with van der Waals surface area (Å²) in [5.74, 6) is 1.27. The number of hydrogen-bond donors (Lipinski definition) is 2. The molecule has 0 amide bonds.